The molecular formula is C22H23ClN4O. The molecule has 1 aromatic heterocycles. The van der Waals surface area contributed by atoms with Crippen molar-refractivity contribution in [3.05, 3.63) is 76.3 Å². The van der Waals surface area contributed by atoms with Crippen LogP contribution in [0.3, 0.4) is 0 Å². The van der Waals surface area contributed by atoms with Crippen molar-refractivity contribution in [2.24, 2.45) is 5.73 Å². The number of aliphatic hydroxyl groups excluding tert-OH is 1. The Balaban J connectivity index is 1.92. The largest absolute Gasteiger partial charge is 0.390 e. The smallest absolute Gasteiger partial charge is 0.153 e. The van der Waals surface area contributed by atoms with Crippen LogP contribution in [-0.2, 0) is 13.2 Å². The summed E-state index contributed by atoms with van der Waals surface area (Å²) in [7, 11) is 0. The van der Waals surface area contributed by atoms with Crippen molar-refractivity contribution in [3.8, 4) is 17.2 Å². The molecule has 0 saturated heterocycles. The Morgan fingerprint density at radius 1 is 1.21 bits per heavy atom. The van der Waals surface area contributed by atoms with Crippen molar-refractivity contribution >= 4 is 11.6 Å². The van der Waals surface area contributed by atoms with E-state index in [1.165, 1.54) is 0 Å². The average Bonchev–Trinajstić information content (AvgIpc) is 3.04. The lowest BCUT2D eigenvalue weighted by Gasteiger charge is -2.16. The molecule has 1 unspecified atom stereocenters. The summed E-state index contributed by atoms with van der Waals surface area (Å²) in [5.41, 5.74) is 10.4. The van der Waals surface area contributed by atoms with Crippen molar-refractivity contribution in [1.82, 2.24) is 9.55 Å². The number of aromatic nitrogens is 2. The number of nitrogens with two attached hydrogens (primary N) is 1. The Morgan fingerprint density at radius 2 is 1.93 bits per heavy atom. The van der Waals surface area contributed by atoms with Gasteiger partial charge in [-0.25, -0.2) is 4.98 Å². The zero-order valence-corrected chi connectivity index (χ0v) is 16.5. The number of imidazole rings is 1. The van der Waals surface area contributed by atoms with E-state index in [1.54, 1.807) is 0 Å². The molecule has 0 aliphatic rings. The number of benzene rings is 2. The van der Waals surface area contributed by atoms with Gasteiger partial charge in [-0.3, -0.25) is 0 Å². The topological polar surface area (TPSA) is 87.9 Å². The van der Waals surface area contributed by atoms with Crippen LogP contribution in [0.5, 0.6) is 0 Å². The van der Waals surface area contributed by atoms with Crippen LogP contribution >= 0.6 is 11.6 Å². The monoisotopic (exact) mass is 394 g/mol. The molecule has 0 bridgehead atoms. The first kappa shape index (κ1) is 20.1. The summed E-state index contributed by atoms with van der Waals surface area (Å²) < 4.78 is 1.90. The summed E-state index contributed by atoms with van der Waals surface area (Å²) in [6, 6.07) is 17.5. The van der Waals surface area contributed by atoms with E-state index in [0.29, 0.717) is 28.8 Å². The lowest BCUT2D eigenvalue weighted by atomic mass is 9.99. The maximum absolute atomic E-state index is 9.74. The van der Waals surface area contributed by atoms with Crippen molar-refractivity contribution in [2.45, 2.75) is 39.0 Å². The van der Waals surface area contributed by atoms with E-state index in [-0.39, 0.29) is 12.6 Å². The lowest BCUT2D eigenvalue weighted by Crippen LogP contribution is -2.18. The van der Waals surface area contributed by atoms with Crippen LogP contribution in [0, 0.1) is 11.3 Å². The van der Waals surface area contributed by atoms with Gasteiger partial charge in [0.15, 0.2) is 5.15 Å². The van der Waals surface area contributed by atoms with E-state index in [1.807, 2.05) is 53.1 Å². The summed E-state index contributed by atoms with van der Waals surface area (Å²) in [5.74, 6) is 0.690. The first-order chi connectivity index (χ1) is 13.6. The van der Waals surface area contributed by atoms with Crippen molar-refractivity contribution in [1.29, 1.82) is 5.26 Å². The first-order valence-corrected chi connectivity index (χ1v) is 9.66. The highest BCUT2D eigenvalue weighted by Crippen LogP contribution is 2.27. The number of halogens is 1. The van der Waals surface area contributed by atoms with Crippen LogP contribution in [0.2, 0.25) is 5.15 Å². The molecule has 3 aromatic rings. The minimum Gasteiger partial charge on any atom is -0.390 e. The second-order valence-electron chi connectivity index (χ2n) is 6.70. The number of aliphatic hydroxyl groups is 1. The fraction of sp³-hybridized carbons (Fsp3) is 0.273. The van der Waals surface area contributed by atoms with E-state index in [2.05, 4.69) is 18.0 Å². The van der Waals surface area contributed by atoms with Gasteiger partial charge in [-0.2, -0.15) is 5.26 Å². The van der Waals surface area contributed by atoms with Gasteiger partial charge in [-0.05, 0) is 29.2 Å². The van der Waals surface area contributed by atoms with Gasteiger partial charge in [0, 0.05) is 6.54 Å². The maximum Gasteiger partial charge on any atom is 0.153 e. The Morgan fingerprint density at radius 3 is 2.57 bits per heavy atom. The molecule has 3 N–H and O–H groups in total. The molecule has 5 nitrogen and oxygen atoms in total. The molecule has 3 rings (SSSR count). The van der Waals surface area contributed by atoms with Crippen LogP contribution in [0.15, 0.2) is 48.5 Å². The summed E-state index contributed by atoms with van der Waals surface area (Å²) >= 11 is 6.22. The molecule has 0 saturated carbocycles. The third-order valence-electron chi connectivity index (χ3n) is 4.79. The van der Waals surface area contributed by atoms with Gasteiger partial charge < -0.3 is 15.4 Å². The zero-order valence-electron chi connectivity index (χ0n) is 15.8. The number of nitriles is 1. The van der Waals surface area contributed by atoms with Gasteiger partial charge in [-0.1, -0.05) is 67.4 Å². The normalized spacial score (nSPS) is 12.0. The summed E-state index contributed by atoms with van der Waals surface area (Å²) in [6.45, 7) is 2.39. The minimum atomic E-state index is -0.232. The Labute approximate surface area is 170 Å². The van der Waals surface area contributed by atoms with Gasteiger partial charge in [0.25, 0.3) is 0 Å². The number of rotatable bonds is 7. The fourth-order valence-electron chi connectivity index (χ4n) is 3.33. The van der Waals surface area contributed by atoms with E-state index in [0.717, 1.165) is 29.5 Å². The Bertz CT molecular complexity index is 989. The van der Waals surface area contributed by atoms with Gasteiger partial charge in [0.2, 0.25) is 0 Å². The Kier molecular flexibility index (Phi) is 6.48. The van der Waals surface area contributed by atoms with Crippen LogP contribution in [-0.4, -0.2) is 14.7 Å². The predicted octanol–water partition coefficient (Wildman–Crippen LogP) is 4.42. The maximum atomic E-state index is 9.74. The predicted molar refractivity (Wildman–Crippen MR) is 111 cm³/mol. The Hall–Kier alpha value is -2.65. The quantitative estimate of drug-likeness (QED) is 0.621. The van der Waals surface area contributed by atoms with Gasteiger partial charge in [0.1, 0.15) is 5.82 Å². The summed E-state index contributed by atoms with van der Waals surface area (Å²) in [4.78, 5) is 4.39. The molecule has 28 heavy (non-hydrogen) atoms. The SMILES string of the molecule is CCCC(N)c1nc(Cl)c(CO)n1Cc1ccc(-c2ccccc2C#N)cc1. The van der Waals surface area contributed by atoms with Crippen molar-refractivity contribution < 1.29 is 5.11 Å². The van der Waals surface area contributed by atoms with E-state index >= 15 is 0 Å². The highest BCUT2D eigenvalue weighted by molar-refractivity contribution is 6.30. The molecule has 1 heterocycles. The van der Waals surface area contributed by atoms with Crippen LogP contribution in [0.25, 0.3) is 11.1 Å². The summed E-state index contributed by atoms with van der Waals surface area (Å²) in [5, 5.41) is 19.3. The summed E-state index contributed by atoms with van der Waals surface area (Å²) in [6.07, 6.45) is 1.73. The highest BCUT2D eigenvalue weighted by Gasteiger charge is 2.20. The van der Waals surface area contributed by atoms with Crippen LogP contribution < -0.4 is 5.73 Å². The standard InChI is InChI=1S/C22H23ClN4O/c1-2-5-19(25)22-26-21(23)20(14-28)27(22)13-15-8-10-16(11-9-15)18-7-4-3-6-17(18)12-24/h3-4,6-11,19,28H,2,5,13-14,25H2,1H3. The number of hydrogen-bond donors (Lipinski definition) is 2. The van der Waals surface area contributed by atoms with Gasteiger partial charge in [-0.15, -0.1) is 0 Å². The minimum absolute atomic E-state index is 0.196. The van der Waals surface area contributed by atoms with Crippen LogP contribution in [0.4, 0.5) is 0 Å². The zero-order chi connectivity index (χ0) is 20.1. The lowest BCUT2D eigenvalue weighted by molar-refractivity contribution is 0.270. The second-order valence-corrected chi connectivity index (χ2v) is 7.06. The molecule has 1 atom stereocenters. The fourth-order valence-corrected chi connectivity index (χ4v) is 3.58. The van der Waals surface area contributed by atoms with E-state index < -0.39 is 0 Å². The molecule has 144 valence electrons. The molecule has 0 radical (unpaired) electrons. The first-order valence-electron chi connectivity index (χ1n) is 9.28. The third kappa shape index (κ3) is 4.10. The van der Waals surface area contributed by atoms with E-state index in [4.69, 9.17) is 17.3 Å². The molecule has 0 spiro atoms. The highest BCUT2D eigenvalue weighted by atomic mass is 35.5. The molecule has 0 aliphatic carbocycles. The number of nitrogens with zero attached hydrogens (tertiary/aromatic N) is 3. The van der Waals surface area contributed by atoms with E-state index in [9.17, 15) is 10.4 Å². The van der Waals surface area contributed by atoms with Gasteiger partial charge in [0.05, 0.1) is 30.0 Å². The second kappa shape index (κ2) is 9.03. The number of hydrogen-bond acceptors (Lipinski definition) is 4. The molecule has 0 fully saturated rings. The molecule has 0 amide bonds. The molecule has 0 aliphatic heterocycles. The molecule has 2 aromatic carbocycles. The van der Waals surface area contributed by atoms with Crippen molar-refractivity contribution in [3.63, 3.8) is 0 Å². The molecular weight excluding hydrogens is 372 g/mol. The van der Waals surface area contributed by atoms with Crippen molar-refractivity contribution in [2.75, 3.05) is 0 Å². The molecule has 6 heteroatoms. The van der Waals surface area contributed by atoms with Gasteiger partial charge >= 0.3 is 0 Å². The average molecular weight is 395 g/mol. The van der Waals surface area contributed by atoms with Crippen LogP contribution in [0.1, 0.15) is 48.5 Å². The third-order valence-corrected chi connectivity index (χ3v) is 5.09.